The molecule has 0 atom stereocenters. The molecule has 2 aromatic carbocycles. The zero-order valence-corrected chi connectivity index (χ0v) is 12.8. The topological polar surface area (TPSA) is 85.9 Å². The van der Waals surface area contributed by atoms with E-state index in [-0.39, 0.29) is 25.2 Å². The number of rotatable bonds is 2. The molecule has 0 bridgehead atoms. The van der Waals surface area contributed by atoms with E-state index in [1.54, 1.807) is 30.3 Å². The van der Waals surface area contributed by atoms with Crippen LogP contribution in [0, 0.1) is 6.92 Å². The van der Waals surface area contributed by atoms with Crippen molar-refractivity contribution in [1.82, 2.24) is 0 Å². The molecule has 2 aliphatic rings. The molecule has 7 nitrogen and oxygen atoms in total. The van der Waals surface area contributed by atoms with Gasteiger partial charge in [0.2, 0.25) is 6.79 Å². The third kappa shape index (κ3) is 2.50. The Balaban J connectivity index is 1.63. The van der Waals surface area contributed by atoms with E-state index in [4.69, 9.17) is 14.2 Å². The molecular weight excluding hydrogens is 312 g/mol. The largest absolute Gasteiger partial charge is 0.479 e. The lowest BCUT2D eigenvalue weighted by atomic mass is 10.1. The lowest BCUT2D eigenvalue weighted by molar-refractivity contribution is -0.118. The molecule has 0 fully saturated rings. The van der Waals surface area contributed by atoms with Gasteiger partial charge in [-0.3, -0.25) is 9.59 Å². The Bertz CT molecular complexity index is 862. The highest BCUT2D eigenvalue weighted by Crippen LogP contribution is 2.38. The predicted molar refractivity (Wildman–Crippen MR) is 85.8 cm³/mol. The molecule has 4 rings (SSSR count). The van der Waals surface area contributed by atoms with Crippen molar-refractivity contribution in [1.29, 1.82) is 0 Å². The van der Waals surface area contributed by atoms with Gasteiger partial charge in [0, 0.05) is 5.56 Å². The van der Waals surface area contributed by atoms with Gasteiger partial charge in [-0.25, -0.2) is 0 Å². The van der Waals surface area contributed by atoms with Gasteiger partial charge < -0.3 is 24.8 Å². The van der Waals surface area contributed by atoms with Crippen molar-refractivity contribution in [3.63, 3.8) is 0 Å². The average molecular weight is 326 g/mol. The Kier molecular flexibility index (Phi) is 3.26. The lowest BCUT2D eigenvalue weighted by Gasteiger charge is -2.21. The molecule has 2 heterocycles. The van der Waals surface area contributed by atoms with Crippen LogP contribution < -0.4 is 24.8 Å². The first kappa shape index (κ1) is 14.4. The number of nitrogens with one attached hydrogen (secondary N) is 2. The molecule has 2 N–H and O–H groups in total. The Morgan fingerprint density at radius 1 is 1.12 bits per heavy atom. The molecule has 2 aliphatic heterocycles. The van der Waals surface area contributed by atoms with E-state index in [9.17, 15) is 9.59 Å². The number of carbonyl (C=O) groups excluding carboxylic acids is 2. The number of hydrogen-bond acceptors (Lipinski definition) is 5. The zero-order chi connectivity index (χ0) is 16.7. The van der Waals surface area contributed by atoms with Crippen molar-refractivity contribution in [3.8, 4) is 17.2 Å². The minimum absolute atomic E-state index is 0.0804. The standard InChI is InChI=1S/C17H14N2O5/c1-9-4-11-16(22-7-15(20)18-11)12(5-9)19-17(21)10-2-3-13-14(6-10)24-8-23-13/h2-6H,7-8H2,1H3,(H,18,20)(H,19,21). The van der Waals surface area contributed by atoms with E-state index in [0.29, 0.717) is 34.2 Å². The summed E-state index contributed by atoms with van der Waals surface area (Å²) >= 11 is 0. The van der Waals surface area contributed by atoms with Gasteiger partial charge in [-0.1, -0.05) is 0 Å². The fraction of sp³-hybridized carbons (Fsp3) is 0.176. The van der Waals surface area contributed by atoms with E-state index in [0.717, 1.165) is 5.56 Å². The van der Waals surface area contributed by atoms with E-state index >= 15 is 0 Å². The van der Waals surface area contributed by atoms with Crippen molar-refractivity contribution >= 4 is 23.2 Å². The summed E-state index contributed by atoms with van der Waals surface area (Å²) in [7, 11) is 0. The monoisotopic (exact) mass is 326 g/mol. The van der Waals surface area contributed by atoms with E-state index < -0.39 is 0 Å². The van der Waals surface area contributed by atoms with Gasteiger partial charge in [0.15, 0.2) is 23.9 Å². The van der Waals surface area contributed by atoms with E-state index in [1.165, 1.54) is 0 Å². The normalized spacial score (nSPS) is 14.5. The fourth-order valence-corrected chi connectivity index (χ4v) is 2.67. The fourth-order valence-electron chi connectivity index (χ4n) is 2.67. The summed E-state index contributed by atoms with van der Waals surface area (Å²) in [5, 5.41) is 5.56. The van der Waals surface area contributed by atoms with Crippen molar-refractivity contribution in [2.45, 2.75) is 6.92 Å². The zero-order valence-electron chi connectivity index (χ0n) is 12.8. The third-order valence-corrected chi connectivity index (χ3v) is 3.74. The molecule has 122 valence electrons. The average Bonchev–Trinajstić information content (AvgIpc) is 3.01. The summed E-state index contributed by atoms with van der Waals surface area (Å²) in [5.41, 5.74) is 2.38. The van der Waals surface area contributed by atoms with Crippen molar-refractivity contribution < 1.29 is 23.8 Å². The Hall–Kier alpha value is -3.22. The smallest absolute Gasteiger partial charge is 0.262 e. The summed E-state index contributed by atoms with van der Waals surface area (Å²) in [6.45, 7) is 1.94. The van der Waals surface area contributed by atoms with E-state index in [2.05, 4.69) is 10.6 Å². The number of carbonyl (C=O) groups is 2. The number of amides is 2. The minimum Gasteiger partial charge on any atom is -0.479 e. The molecule has 2 amide bonds. The maximum Gasteiger partial charge on any atom is 0.262 e. The maximum atomic E-state index is 12.5. The van der Waals surface area contributed by atoms with Gasteiger partial charge in [0.05, 0.1) is 11.4 Å². The number of anilines is 2. The van der Waals surface area contributed by atoms with Crippen LogP contribution in [-0.2, 0) is 4.79 Å². The molecule has 0 aliphatic carbocycles. The second-order valence-corrected chi connectivity index (χ2v) is 5.55. The molecule has 24 heavy (non-hydrogen) atoms. The summed E-state index contributed by atoms with van der Waals surface area (Å²) in [6, 6.07) is 8.57. The summed E-state index contributed by atoms with van der Waals surface area (Å²) in [5.74, 6) is 1.08. The number of hydrogen-bond donors (Lipinski definition) is 2. The minimum atomic E-state index is -0.304. The van der Waals surface area contributed by atoms with Gasteiger partial charge in [-0.2, -0.15) is 0 Å². The van der Waals surface area contributed by atoms with Crippen molar-refractivity contribution in [3.05, 3.63) is 41.5 Å². The molecule has 0 aromatic heterocycles. The highest BCUT2D eigenvalue weighted by atomic mass is 16.7. The molecular formula is C17H14N2O5. The first-order valence-electron chi connectivity index (χ1n) is 7.38. The van der Waals surface area contributed by atoms with Crippen LogP contribution in [0.4, 0.5) is 11.4 Å². The highest BCUT2D eigenvalue weighted by Gasteiger charge is 2.22. The van der Waals surface area contributed by atoms with Crippen LogP contribution in [-0.4, -0.2) is 25.2 Å². The summed E-state index contributed by atoms with van der Waals surface area (Å²) in [4.78, 5) is 24.0. The highest BCUT2D eigenvalue weighted by molar-refractivity contribution is 6.07. The van der Waals surface area contributed by atoms with Crippen molar-refractivity contribution in [2.24, 2.45) is 0 Å². The van der Waals surface area contributed by atoms with Gasteiger partial charge in [0.25, 0.3) is 11.8 Å². The number of aryl methyl sites for hydroxylation is 1. The quantitative estimate of drug-likeness (QED) is 0.884. The molecule has 0 unspecified atom stereocenters. The first-order valence-corrected chi connectivity index (χ1v) is 7.38. The molecule has 0 radical (unpaired) electrons. The maximum absolute atomic E-state index is 12.5. The molecule has 0 saturated heterocycles. The van der Waals surface area contributed by atoms with Crippen LogP contribution in [0.1, 0.15) is 15.9 Å². The Labute approximate surface area is 137 Å². The summed E-state index contributed by atoms with van der Waals surface area (Å²) < 4.78 is 16.0. The van der Waals surface area contributed by atoms with Crippen LogP contribution in [0.3, 0.4) is 0 Å². The molecule has 0 saturated carbocycles. The second-order valence-electron chi connectivity index (χ2n) is 5.55. The first-order chi connectivity index (χ1) is 11.6. The van der Waals surface area contributed by atoms with Gasteiger partial charge in [-0.05, 0) is 42.8 Å². The molecule has 0 spiro atoms. The Morgan fingerprint density at radius 2 is 1.96 bits per heavy atom. The second kappa shape index (κ2) is 5.45. The van der Waals surface area contributed by atoms with Crippen LogP contribution >= 0.6 is 0 Å². The van der Waals surface area contributed by atoms with Gasteiger partial charge >= 0.3 is 0 Å². The van der Waals surface area contributed by atoms with E-state index in [1.807, 2.05) is 6.92 Å². The van der Waals surface area contributed by atoms with Crippen LogP contribution in [0.5, 0.6) is 17.2 Å². The molecule has 2 aromatic rings. The number of benzene rings is 2. The molecule has 7 heteroatoms. The van der Waals surface area contributed by atoms with Crippen LogP contribution in [0.25, 0.3) is 0 Å². The van der Waals surface area contributed by atoms with Gasteiger partial charge in [-0.15, -0.1) is 0 Å². The lowest BCUT2D eigenvalue weighted by Crippen LogP contribution is -2.26. The van der Waals surface area contributed by atoms with Crippen LogP contribution in [0.15, 0.2) is 30.3 Å². The SMILES string of the molecule is Cc1cc2c(c(NC(=O)c3ccc4c(c3)OCO4)c1)OCC(=O)N2. The third-order valence-electron chi connectivity index (χ3n) is 3.74. The predicted octanol–water partition coefficient (Wildman–Crippen LogP) is 2.31. The number of ether oxygens (including phenoxy) is 3. The Morgan fingerprint density at radius 3 is 2.83 bits per heavy atom. The number of fused-ring (bicyclic) bond motifs is 2. The van der Waals surface area contributed by atoms with Gasteiger partial charge in [0.1, 0.15) is 0 Å². The van der Waals surface area contributed by atoms with Crippen LogP contribution in [0.2, 0.25) is 0 Å². The summed E-state index contributed by atoms with van der Waals surface area (Å²) in [6.07, 6.45) is 0. The van der Waals surface area contributed by atoms with Crippen molar-refractivity contribution in [2.75, 3.05) is 24.0 Å².